The van der Waals surface area contributed by atoms with Crippen molar-refractivity contribution in [3.05, 3.63) is 113 Å². The van der Waals surface area contributed by atoms with E-state index in [0.29, 0.717) is 36.2 Å². The van der Waals surface area contributed by atoms with Crippen molar-refractivity contribution in [2.24, 2.45) is 5.92 Å². The molecule has 47 heavy (non-hydrogen) atoms. The average molecular weight is 665 g/mol. The van der Waals surface area contributed by atoms with E-state index in [1.54, 1.807) is 6.07 Å². The van der Waals surface area contributed by atoms with Gasteiger partial charge in [-0.15, -0.1) is 0 Å². The quantitative estimate of drug-likeness (QED) is 0.0881. The fourth-order valence-electron chi connectivity index (χ4n) is 6.37. The van der Waals surface area contributed by atoms with E-state index in [1.165, 1.54) is 44.2 Å². The Labute approximate surface area is 267 Å². The van der Waals surface area contributed by atoms with Crippen LogP contribution in [0.3, 0.4) is 0 Å². The number of rotatable bonds is 11. The summed E-state index contributed by atoms with van der Waals surface area (Å²) in [6.45, 7) is 2.18. The molecule has 0 unspecified atom stereocenters. The Morgan fingerprint density at radius 3 is 1.72 bits per heavy atom. The summed E-state index contributed by atoms with van der Waals surface area (Å²) >= 11 is 0. The van der Waals surface area contributed by atoms with Crippen LogP contribution in [-0.2, 0) is 6.11 Å². The van der Waals surface area contributed by atoms with Crippen LogP contribution in [0.5, 0.6) is 5.75 Å². The Morgan fingerprint density at radius 2 is 1.17 bits per heavy atom. The van der Waals surface area contributed by atoms with Crippen LogP contribution in [-0.4, -0.2) is 0 Å². The summed E-state index contributed by atoms with van der Waals surface area (Å²) in [4.78, 5) is 0. The standard InChI is InChI=1S/C37H33F9O/c1-2-3-4-5-6-21-7-9-22(10-8-21)23-11-13-27(29(38)15-23)24-16-31(40)35(32(41)17-24)37(45,46)47-26-12-14-28(30(39)20-26)25-18-33(42)36(44)34(43)19-25/h11-22H,2-10H2,1H3. The highest BCUT2D eigenvalue weighted by molar-refractivity contribution is 5.66. The first kappa shape index (κ1) is 34.4. The Kier molecular flexibility index (Phi) is 10.6. The Bertz CT molecular complexity index is 1680. The maximum Gasteiger partial charge on any atom is 0.432 e. The minimum absolute atomic E-state index is 0.161. The molecule has 0 saturated heterocycles. The zero-order valence-corrected chi connectivity index (χ0v) is 25.6. The van der Waals surface area contributed by atoms with Crippen LogP contribution >= 0.6 is 0 Å². The molecule has 1 aliphatic carbocycles. The van der Waals surface area contributed by atoms with Crippen molar-refractivity contribution in [1.82, 2.24) is 0 Å². The highest BCUT2D eigenvalue weighted by atomic mass is 19.3. The number of benzene rings is 4. The predicted octanol–water partition coefficient (Wildman–Crippen LogP) is 12.4. The van der Waals surface area contributed by atoms with Gasteiger partial charge in [0.2, 0.25) is 0 Å². The zero-order chi connectivity index (χ0) is 33.9. The lowest BCUT2D eigenvalue weighted by atomic mass is 9.77. The summed E-state index contributed by atoms with van der Waals surface area (Å²) in [6.07, 6.45) is 5.37. The van der Waals surface area contributed by atoms with E-state index in [-0.39, 0.29) is 17.0 Å². The first-order valence-electron chi connectivity index (χ1n) is 15.7. The first-order valence-corrected chi connectivity index (χ1v) is 15.7. The van der Waals surface area contributed by atoms with Crippen LogP contribution in [0.4, 0.5) is 39.5 Å². The number of hydrogen-bond donors (Lipinski definition) is 0. The van der Waals surface area contributed by atoms with Gasteiger partial charge in [-0.1, -0.05) is 51.2 Å². The molecule has 5 rings (SSSR count). The summed E-state index contributed by atoms with van der Waals surface area (Å²) in [6, 6.07) is 8.59. The van der Waals surface area contributed by atoms with Gasteiger partial charge in [0.15, 0.2) is 17.5 Å². The van der Waals surface area contributed by atoms with E-state index in [2.05, 4.69) is 11.7 Å². The summed E-state index contributed by atoms with van der Waals surface area (Å²) in [7, 11) is 0. The fraction of sp³-hybridized carbons (Fsp3) is 0.351. The monoisotopic (exact) mass is 664 g/mol. The van der Waals surface area contributed by atoms with Gasteiger partial charge in [0, 0.05) is 17.2 Å². The molecule has 10 heteroatoms. The third-order valence-electron chi connectivity index (χ3n) is 8.90. The Morgan fingerprint density at radius 1 is 0.617 bits per heavy atom. The van der Waals surface area contributed by atoms with Gasteiger partial charge in [0.1, 0.15) is 34.6 Å². The summed E-state index contributed by atoms with van der Waals surface area (Å²) in [5.41, 5.74) is -2.37. The van der Waals surface area contributed by atoms with Crippen molar-refractivity contribution in [1.29, 1.82) is 0 Å². The molecule has 1 aliphatic rings. The third kappa shape index (κ3) is 7.79. The topological polar surface area (TPSA) is 9.23 Å². The van der Waals surface area contributed by atoms with Gasteiger partial charge in [-0.2, -0.15) is 8.78 Å². The van der Waals surface area contributed by atoms with Crippen molar-refractivity contribution >= 4 is 0 Å². The van der Waals surface area contributed by atoms with Crippen LogP contribution in [0.2, 0.25) is 0 Å². The molecule has 0 bridgehead atoms. The van der Waals surface area contributed by atoms with Crippen LogP contribution in [0, 0.1) is 46.6 Å². The molecule has 0 radical (unpaired) electrons. The maximum absolute atomic E-state index is 15.2. The molecule has 0 amide bonds. The molecule has 4 aromatic rings. The van der Waals surface area contributed by atoms with E-state index in [4.69, 9.17) is 0 Å². The third-order valence-corrected chi connectivity index (χ3v) is 8.90. The molecule has 1 nitrogen and oxygen atoms in total. The van der Waals surface area contributed by atoms with Crippen molar-refractivity contribution < 1.29 is 44.3 Å². The molecule has 0 atom stereocenters. The van der Waals surface area contributed by atoms with Gasteiger partial charge < -0.3 is 4.74 Å². The summed E-state index contributed by atoms with van der Waals surface area (Å²) in [5.74, 6) is -10.5. The summed E-state index contributed by atoms with van der Waals surface area (Å²) < 4.78 is 135. The number of ether oxygens (including phenoxy) is 1. The molecule has 0 aromatic heterocycles. The highest BCUT2D eigenvalue weighted by Crippen LogP contribution is 2.41. The second kappa shape index (κ2) is 14.4. The smallest absolute Gasteiger partial charge is 0.429 e. The normalized spacial score (nSPS) is 16.8. The van der Waals surface area contributed by atoms with Crippen LogP contribution in [0.15, 0.2) is 60.7 Å². The fourth-order valence-corrected chi connectivity index (χ4v) is 6.37. The van der Waals surface area contributed by atoms with E-state index in [9.17, 15) is 17.6 Å². The Balaban J connectivity index is 1.29. The summed E-state index contributed by atoms with van der Waals surface area (Å²) in [5, 5.41) is 0. The van der Waals surface area contributed by atoms with Crippen molar-refractivity contribution in [3.8, 4) is 28.0 Å². The minimum Gasteiger partial charge on any atom is -0.429 e. The van der Waals surface area contributed by atoms with Gasteiger partial charge in [0.25, 0.3) is 0 Å². The van der Waals surface area contributed by atoms with Gasteiger partial charge in [-0.05, 0) is 96.7 Å². The predicted molar refractivity (Wildman–Crippen MR) is 161 cm³/mol. The number of halogens is 9. The van der Waals surface area contributed by atoms with Crippen LogP contribution in [0.25, 0.3) is 22.3 Å². The molecule has 0 spiro atoms. The molecule has 1 fully saturated rings. The molecular formula is C37H33F9O. The minimum atomic E-state index is -4.65. The SMILES string of the molecule is CCCCCCC1CCC(c2ccc(-c3cc(F)c(C(F)(F)Oc4ccc(-c5cc(F)c(F)c(F)c5)c(F)c4)c(F)c3)c(F)c2)CC1. The van der Waals surface area contributed by atoms with E-state index >= 15 is 22.0 Å². The average Bonchev–Trinajstić information content (AvgIpc) is 3.01. The molecule has 250 valence electrons. The van der Waals surface area contributed by atoms with Gasteiger partial charge >= 0.3 is 6.11 Å². The molecule has 0 aliphatic heterocycles. The molecule has 1 saturated carbocycles. The lowest BCUT2D eigenvalue weighted by molar-refractivity contribution is -0.189. The molecular weight excluding hydrogens is 631 g/mol. The van der Waals surface area contributed by atoms with Gasteiger partial charge in [0.05, 0.1) is 0 Å². The van der Waals surface area contributed by atoms with Gasteiger partial charge in [-0.3, -0.25) is 0 Å². The second-order valence-electron chi connectivity index (χ2n) is 12.1. The van der Waals surface area contributed by atoms with Crippen LogP contribution in [0.1, 0.15) is 81.8 Å². The van der Waals surface area contributed by atoms with Gasteiger partial charge in [-0.25, -0.2) is 30.7 Å². The second-order valence-corrected chi connectivity index (χ2v) is 12.1. The van der Waals surface area contributed by atoms with Crippen molar-refractivity contribution in [2.75, 3.05) is 0 Å². The van der Waals surface area contributed by atoms with E-state index in [0.717, 1.165) is 43.4 Å². The lowest BCUT2D eigenvalue weighted by Gasteiger charge is -2.29. The number of unbranched alkanes of at least 4 members (excludes halogenated alkanes) is 3. The zero-order valence-electron chi connectivity index (χ0n) is 25.6. The molecule has 4 aromatic carbocycles. The maximum atomic E-state index is 15.2. The van der Waals surface area contributed by atoms with E-state index < -0.39 is 69.3 Å². The molecule has 0 N–H and O–H groups in total. The number of alkyl halides is 2. The molecule has 0 heterocycles. The lowest BCUT2D eigenvalue weighted by Crippen LogP contribution is -2.25. The van der Waals surface area contributed by atoms with Crippen LogP contribution < -0.4 is 4.74 Å². The largest absolute Gasteiger partial charge is 0.432 e. The van der Waals surface area contributed by atoms with E-state index in [1.807, 2.05) is 0 Å². The first-order chi connectivity index (χ1) is 22.4. The highest BCUT2D eigenvalue weighted by Gasteiger charge is 2.41. The number of hydrogen-bond acceptors (Lipinski definition) is 1. The Hall–Kier alpha value is -3.95. The van der Waals surface area contributed by atoms with Crippen molar-refractivity contribution in [2.45, 2.75) is 76.7 Å². The van der Waals surface area contributed by atoms with Crippen molar-refractivity contribution in [3.63, 3.8) is 0 Å².